The van der Waals surface area contributed by atoms with Crippen LogP contribution in [0.1, 0.15) is 67.7 Å². The fraction of sp³-hybridized carbons (Fsp3) is 0.850. The van der Waals surface area contributed by atoms with Crippen molar-refractivity contribution in [1.82, 2.24) is 21.3 Å². The fourth-order valence-electron chi connectivity index (χ4n) is 2.26. The molecule has 4 N–H and O–H groups in total. The monoisotopic (exact) mass is 399 g/mol. The minimum Gasteiger partial charge on any atom is -0.444 e. The second kappa shape index (κ2) is 14.1. The van der Waals surface area contributed by atoms with Crippen molar-refractivity contribution in [3.8, 4) is 0 Å². The first-order chi connectivity index (χ1) is 13.1. The Labute approximate surface area is 170 Å². The molecule has 0 aliphatic rings. The molecule has 0 saturated carbocycles. The number of aliphatic imine (C=N–C) groups is 1. The van der Waals surface area contributed by atoms with Gasteiger partial charge in [0.05, 0.1) is 6.54 Å². The predicted octanol–water partition coefficient (Wildman–Crippen LogP) is 2.40. The van der Waals surface area contributed by atoms with Crippen LogP contribution in [0.25, 0.3) is 0 Å². The highest BCUT2D eigenvalue weighted by atomic mass is 16.6. The van der Waals surface area contributed by atoms with Crippen molar-refractivity contribution in [3.63, 3.8) is 0 Å². The molecular formula is C20H41N5O3. The zero-order chi connectivity index (χ0) is 21.6. The average molecular weight is 400 g/mol. The van der Waals surface area contributed by atoms with Gasteiger partial charge in [-0.2, -0.15) is 0 Å². The average Bonchev–Trinajstić information content (AvgIpc) is 2.59. The van der Waals surface area contributed by atoms with E-state index in [1.165, 1.54) is 0 Å². The van der Waals surface area contributed by atoms with Crippen LogP contribution in [0.3, 0.4) is 0 Å². The van der Waals surface area contributed by atoms with Gasteiger partial charge >= 0.3 is 6.09 Å². The Bertz CT molecular complexity index is 487. The number of carbonyl (C=O) groups excluding carboxylic acids is 2. The molecule has 2 amide bonds. The van der Waals surface area contributed by atoms with Crippen LogP contribution in [0.5, 0.6) is 0 Å². The first kappa shape index (κ1) is 26.0. The molecule has 28 heavy (non-hydrogen) atoms. The Balaban J connectivity index is 4.70. The Morgan fingerprint density at radius 1 is 1.07 bits per heavy atom. The van der Waals surface area contributed by atoms with Gasteiger partial charge < -0.3 is 26.0 Å². The smallest absolute Gasteiger partial charge is 0.407 e. The fourth-order valence-corrected chi connectivity index (χ4v) is 2.26. The van der Waals surface area contributed by atoms with Crippen LogP contribution in [0.15, 0.2) is 4.99 Å². The second-order valence-corrected chi connectivity index (χ2v) is 8.07. The Morgan fingerprint density at radius 2 is 1.75 bits per heavy atom. The minimum atomic E-state index is -0.521. The van der Waals surface area contributed by atoms with Crippen molar-refractivity contribution in [2.75, 3.05) is 26.2 Å². The number of hydrogen-bond acceptors (Lipinski definition) is 4. The summed E-state index contributed by atoms with van der Waals surface area (Å²) in [5.41, 5.74) is -0.521. The highest BCUT2D eigenvalue weighted by molar-refractivity contribution is 5.80. The van der Waals surface area contributed by atoms with Crippen LogP contribution in [0.2, 0.25) is 0 Å². The van der Waals surface area contributed by atoms with Crippen LogP contribution in [0, 0.1) is 5.92 Å². The molecular weight excluding hydrogens is 358 g/mol. The third-order valence-corrected chi connectivity index (χ3v) is 3.69. The van der Waals surface area contributed by atoms with Gasteiger partial charge in [-0.05, 0) is 34.1 Å². The number of nitrogens with zero attached hydrogens (tertiary/aromatic N) is 1. The number of rotatable bonds is 11. The minimum absolute atomic E-state index is 0.0237. The van der Waals surface area contributed by atoms with Crippen molar-refractivity contribution < 1.29 is 14.3 Å². The van der Waals surface area contributed by atoms with Crippen molar-refractivity contribution in [2.24, 2.45) is 10.9 Å². The van der Waals surface area contributed by atoms with E-state index in [9.17, 15) is 9.59 Å². The summed E-state index contributed by atoms with van der Waals surface area (Å²) in [4.78, 5) is 28.1. The number of nitrogens with one attached hydrogen (secondary N) is 4. The van der Waals surface area contributed by atoms with E-state index >= 15 is 0 Å². The van der Waals surface area contributed by atoms with Crippen LogP contribution in [-0.2, 0) is 9.53 Å². The van der Waals surface area contributed by atoms with Crippen molar-refractivity contribution in [2.45, 2.75) is 79.4 Å². The zero-order valence-corrected chi connectivity index (χ0v) is 18.8. The lowest BCUT2D eigenvalue weighted by Gasteiger charge is -2.24. The molecule has 1 atom stereocenters. The zero-order valence-electron chi connectivity index (χ0n) is 18.8. The molecule has 0 aliphatic heterocycles. The third kappa shape index (κ3) is 14.1. The maximum atomic E-state index is 11.9. The van der Waals surface area contributed by atoms with Gasteiger partial charge in [0.15, 0.2) is 5.96 Å². The summed E-state index contributed by atoms with van der Waals surface area (Å²) in [6, 6.07) is 0.0375. The number of guanidine groups is 1. The summed E-state index contributed by atoms with van der Waals surface area (Å²) in [7, 11) is 0. The summed E-state index contributed by atoms with van der Waals surface area (Å²) in [5, 5.41) is 12.3. The molecule has 0 aromatic heterocycles. The van der Waals surface area contributed by atoms with E-state index in [0.29, 0.717) is 25.6 Å². The maximum Gasteiger partial charge on any atom is 0.407 e. The molecule has 8 nitrogen and oxygen atoms in total. The molecule has 0 spiro atoms. The van der Waals surface area contributed by atoms with E-state index in [1.807, 2.05) is 41.5 Å². The van der Waals surface area contributed by atoms with E-state index in [1.54, 1.807) is 0 Å². The largest absolute Gasteiger partial charge is 0.444 e. The van der Waals surface area contributed by atoms with Gasteiger partial charge in [-0.15, -0.1) is 0 Å². The van der Waals surface area contributed by atoms with E-state index in [4.69, 9.17) is 4.74 Å². The Kier molecular flexibility index (Phi) is 13.1. The number of unbranched alkanes of at least 4 members (excludes halogenated alkanes) is 1. The topological polar surface area (TPSA) is 104 Å². The van der Waals surface area contributed by atoms with Gasteiger partial charge in [0.2, 0.25) is 5.91 Å². The van der Waals surface area contributed by atoms with Gasteiger partial charge in [-0.25, -0.2) is 4.79 Å². The molecule has 0 radical (unpaired) electrons. The van der Waals surface area contributed by atoms with E-state index in [0.717, 1.165) is 25.8 Å². The molecule has 0 bridgehead atoms. The van der Waals surface area contributed by atoms with Gasteiger partial charge in [0.25, 0.3) is 0 Å². The lowest BCUT2D eigenvalue weighted by Crippen LogP contribution is -2.49. The molecule has 0 aromatic rings. The molecule has 0 saturated heterocycles. The van der Waals surface area contributed by atoms with Crippen molar-refractivity contribution in [1.29, 1.82) is 0 Å². The number of alkyl carbamates (subject to hydrolysis) is 1. The van der Waals surface area contributed by atoms with E-state index < -0.39 is 11.7 Å². The number of carbonyl (C=O) groups is 2. The number of hydrogen-bond donors (Lipinski definition) is 4. The van der Waals surface area contributed by atoms with Crippen LogP contribution in [0.4, 0.5) is 4.79 Å². The van der Waals surface area contributed by atoms with Crippen molar-refractivity contribution >= 4 is 18.0 Å². The molecule has 0 fully saturated rings. The van der Waals surface area contributed by atoms with Crippen molar-refractivity contribution in [3.05, 3.63) is 0 Å². The van der Waals surface area contributed by atoms with E-state index in [2.05, 4.69) is 33.2 Å². The molecule has 1 unspecified atom stereocenters. The number of amides is 2. The van der Waals surface area contributed by atoms with Crippen LogP contribution in [-0.4, -0.2) is 55.8 Å². The Morgan fingerprint density at radius 3 is 2.29 bits per heavy atom. The van der Waals surface area contributed by atoms with Gasteiger partial charge in [-0.1, -0.05) is 33.6 Å². The van der Waals surface area contributed by atoms with Crippen LogP contribution < -0.4 is 21.3 Å². The van der Waals surface area contributed by atoms with Gasteiger partial charge in [-0.3, -0.25) is 9.79 Å². The summed E-state index contributed by atoms with van der Waals surface area (Å²) >= 11 is 0. The quantitative estimate of drug-likeness (QED) is 0.243. The lowest BCUT2D eigenvalue weighted by atomic mass is 10.1. The molecule has 0 aliphatic carbocycles. The summed E-state index contributed by atoms with van der Waals surface area (Å²) < 4.78 is 5.30. The molecule has 8 heteroatoms. The first-order valence-electron chi connectivity index (χ1n) is 10.4. The SMILES string of the molecule is CCCCC(CNC(=O)OC(C)(C)C)NC(=NCCNC(=O)C(C)C)NCC. The molecule has 0 rings (SSSR count). The molecule has 0 heterocycles. The van der Waals surface area contributed by atoms with Crippen LogP contribution >= 0.6 is 0 Å². The highest BCUT2D eigenvalue weighted by Gasteiger charge is 2.18. The standard InChI is InChI=1S/C20H41N5O3/c1-8-10-11-16(14-24-19(27)28-20(5,6)7)25-18(21-9-2)23-13-12-22-17(26)15(3)4/h15-16H,8-14H2,1-7H3,(H,22,26)(H,24,27)(H2,21,23,25). The lowest BCUT2D eigenvalue weighted by molar-refractivity contribution is -0.123. The molecule has 0 aromatic carbocycles. The predicted molar refractivity (Wildman–Crippen MR) is 115 cm³/mol. The Hall–Kier alpha value is -1.99. The summed E-state index contributed by atoms with van der Waals surface area (Å²) in [6.07, 6.45) is 2.59. The van der Waals surface area contributed by atoms with Gasteiger partial charge in [0.1, 0.15) is 5.60 Å². The summed E-state index contributed by atoms with van der Waals surface area (Å²) in [6.45, 7) is 15.5. The summed E-state index contributed by atoms with van der Waals surface area (Å²) in [5.74, 6) is 0.664. The third-order valence-electron chi connectivity index (χ3n) is 3.69. The van der Waals surface area contributed by atoms with Gasteiger partial charge in [0, 0.05) is 31.6 Å². The second-order valence-electron chi connectivity index (χ2n) is 8.07. The first-order valence-corrected chi connectivity index (χ1v) is 10.4. The maximum absolute atomic E-state index is 11.9. The normalized spacial score (nSPS) is 13.1. The molecule has 164 valence electrons. The number of ether oxygens (including phenoxy) is 1. The highest BCUT2D eigenvalue weighted by Crippen LogP contribution is 2.07. The van der Waals surface area contributed by atoms with E-state index in [-0.39, 0.29) is 17.9 Å².